The summed E-state index contributed by atoms with van der Waals surface area (Å²) in [5, 5.41) is 10.3. The number of halogens is 1. The number of para-hydroxylation sites is 1. The van der Waals surface area contributed by atoms with E-state index in [1.807, 2.05) is 17.7 Å². The van der Waals surface area contributed by atoms with Gasteiger partial charge in [-0.1, -0.05) is 6.07 Å². The highest BCUT2D eigenvalue weighted by atomic mass is 32.1. The smallest absolute Gasteiger partial charge is 0.175 e. The molecular weight excluding hydrogens is 269 g/mol. The summed E-state index contributed by atoms with van der Waals surface area (Å²) in [4.78, 5) is 0. The average Bonchev–Trinajstić information content (AvgIpc) is 2.71. The highest BCUT2D eigenvalue weighted by Gasteiger charge is 2.07. The lowest BCUT2D eigenvalue weighted by Gasteiger charge is -2.12. The molecule has 0 aliphatic heterocycles. The second-order valence-electron chi connectivity index (χ2n) is 3.75. The van der Waals surface area contributed by atoms with Gasteiger partial charge in [-0.15, -0.1) is 11.3 Å². The lowest BCUT2D eigenvalue weighted by Crippen LogP contribution is -2.20. The second-order valence-corrected chi connectivity index (χ2v) is 4.90. The van der Waals surface area contributed by atoms with E-state index >= 15 is 0 Å². The van der Waals surface area contributed by atoms with Gasteiger partial charge in [-0.05, 0) is 42.2 Å². The quantitative estimate of drug-likeness (QED) is 0.581. The maximum Gasteiger partial charge on any atom is 0.175 e. The number of hydrogen-bond donors (Lipinski definition) is 3. The molecule has 3 nitrogen and oxygen atoms in total. The summed E-state index contributed by atoms with van der Waals surface area (Å²) < 4.78 is 13.2. The Morgan fingerprint density at radius 2 is 2.00 bits per heavy atom. The minimum Gasteiger partial charge on any atom is -0.395 e. The lowest BCUT2D eigenvalue weighted by atomic mass is 10.2. The van der Waals surface area contributed by atoms with Crippen LogP contribution in [0, 0.1) is 12.7 Å². The number of nitrogens with one attached hydrogen (secondary N) is 2. The van der Waals surface area contributed by atoms with Crippen molar-refractivity contribution in [3.8, 4) is 0 Å². The van der Waals surface area contributed by atoms with Gasteiger partial charge in [-0.3, -0.25) is 0 Å². The third-order valence-electron chi connectivity index (χ3n) is 2.40. The molecule has 0 spiro atoms. The van der Waals surface area contributed by atoms with Gasteiger partial charge in [0.05, 0.1) is 17.1 Å². The molecule has 1 aromatic heterocycles. The molecule has 0 atom stereocenters. The molecule has 18 heavy (non-hydrogen) atoms. The van der Waals surface area contributed by atoms with Gasteiger partial charge in [0.15, 0.2) is 5.11 Å². The second kappa shape index (κ2) is 5.32. The molecule has 94 valence electrons. The fourth-order valence-corrected chi connectivity index (χ4v) is 2.41. The molecule has 0 bridgehead atoms. The molecule has 2 rings (SSSR count). The zero-order valence-corrected chi connectivity index (χ0v) is 11.3. The van der Waals surface area contributed by atoms with Crippen molar-refractivity contribution in [2.24, 2.45) is 0 Å². The highest BCUT2D eigenvalue weighted by Crippen LogP contribution is 2.23. The molecule has 2 aromatic rings. The molecular formula is C12H12FN3S2. The molecule has 0 fully saturated rings. The first-order chi connectivity index (χ1) is 8.58. The van der Waals surface area contributed by atoms with Crippen molar-refractivity contribution in [2.45, 2.75) is 6.92 Å². The third-order valence-corrected chi connectivity index (χ3v) is 3.47. The number of aryl methyl sites for hydroxylation is 1. The number of rotatable bonds is 2. The van der Waals surface area contributed by atoms with Crippen molar-refractivity contribution in [2.75, 3.05) is 16.4 Å². The fourth-order valence-electron chi connectivity index (χ4n) is 1.41. The molecule has 0 aliphatic carbocycles. The third kappa shape index (κ3) is 2.77. The number of hydrogen-bond acceptors (Lipinski definition) is 3. The summed E-state index contributed by atoms with van der Waals surface area (Å²) >= 11 is 6.74. The fraction of sp³-hybridized carbons (Fsp3) is 0.0833. The van der Waals surface area contributed by atoms with Crippen LogP contribution in [0.25, 0.3) is 0 Å². The van der Waals surface area contributed by atoms with E-state index in [4.69, 9.17) is 18.0 Å². The van der Waals surface area contributed by atoms with Crippen LogP contribution < -0.4 is 16.4 Å². The number of anilines is 3. The summed E-state index contributed by atoms with van der Waals surface area (Å²) in [7, 11) is 0. The van der Waals surface area contributed by atoms with Crippen LogP contribution >= 0.6 is 23.6 Å². The van der Waals surface area contributed by atoms with E-state index in [1.54, 1.807) is 23.5 Å². The molecule has 1 heterocycles. The maximum absolute atomic E-state index is 13.2. The van der Waals surface area contributed by atoms with Crippen LogP contribution in [0.5, 0.6) is 0 Å². The van der Waals surface area contributed by atoms with Gasteiger partial charge in [0.25, 0.3) is 0 Å². The zero-order chi connectivity index (χ0) is 13.1. The van der Waals surface area contributed by atoms with Crippen molar-refractivity contribution in [3.05, 3.63) is 40.3 Å². The van der Waals surface area contributed by atoms with Gasteiger partial charge < -0.3 is 16.4 Å². The minimum atomic E-state index is -0.463. The molecule has 0 unspecified atom stereocenters. The van der Waals surface area contributed by atoms with Crippen molar-refractivity contribution in [3.63, 3.8) is 0 Å². The minimum absolute atomic E-state index is 0.0590. The number of nitrogens with two attached hydrogens (primary N) is 1. The predicted octanol–water partition coefficient (Wildman–Crippen LogP) is 3.59. The Labute approximate surface area is 114 Å². The van der Waals surface area contributed by atoms with Gasteiger partial charge in [-0.2, -0.15) is 0 Å². The van der Waals surface area contributed by atoms with Crippen LogP contribution in [-0.2, 0) is 0 Å². The summed E-state index contributed by atoms with van der Waals surface area (Å²) in [5.74, 6) is -0.463. The van der Waals surface area contributed by atoms with Crippen molar-refractivity contribution >= 4 is 45.7 Å². The van der Waals surface area contributed by atoms with E-state index in [0.717, 1.165) is 11.3 Å². The van der Waals surface area contributed by atoms with Crippen LogP contribution in [0.15, 0.2) is 29.0 Å². The van der Waals surface area contributed by atoms with E-state index < -0.39 is 5.82 Å². The summed E-state index contributed by atoms with van der Waals surface area (Å²) in [6, 6.07) is 4.55. The van der Waals surface area contributed by atoms with E-state index in [-0.39, 0.29) is 5.69 Å². The molecule has 0 saturated heterocycles. The standard InChI is InChI=1S/C12H12FN3S2/c1-7-5-18-6-10(7)16-12(17)15-9-4-2-3-8(13)11(9)14/h2-6H,14H2,1H3,(H2,15,16,17). The van der Waals surface area contributed by atoms with Crippen LogP contribution in [0.1, 0.15) is 5.56 Å². The molecule has 1 aromatic carbocycles. The van der Waals surface area contributed by atoms with Gasteiger partial charge in [0, 0.05) is 5.38 Å². The summed E-state index contributed by atoms with van der Waals surface area (Å²) in [6.07, 6.45) is 0. The Morgan fingerprint density at radius 3 is 2.67 bits per heavy atom. The first-order valence-corrected chi connectivity index (χ1v) is 6.58. The van der Waals surface area contributed by atoms with Crippen molar-refractivity contribution in [1.82, 2.24) is 0 Å². The van der Waals surface area contributed by atoms with E-state index in [1.165, 1.54) is 6.07 Å². The SMILES string of the molecule is Cc1cscc1NC(=S)Nc1cccc(F)c1N. The average molecular weight is 281 g/mol. The van der Waals surface area contributed by atoms with Gasteiger partial charge >= 0.3 is 0 Å². The van der Waals surface area contributed by atoms with Crippen LogP contribution in [-0.4, -0.2) is 5.11 Å². The number of nitrogen functional groups attached to an aromatic ring is 1. The van der Waals surface area contributed by atoms with Gasteiger partial charge in [-0.25, -0.2) is 4.39 Å². The molecule has 0 radical (unpaired) electrons. The number of thiocarbonyl (C=S) groups is 1. The van der Waals surface area contributed by atoms with Gasteiger partial charge in [0.2, 0.25) is 0 Å². The summed E-state index contributed by atoms with van der Waals surface area (Å²) in [5.41, 5.74) is 8.17. The number of benzene rings is 1. The Morgan fingerprint density at radius 1 is 1.28 bits per heavy atom. The Kier molecular flexibility index (Phi) is 3.78. The highest BCUT2D eigenvalue weighted by molar-refractivity contribution is 7.80. The monoisotopic (exact) mass is 281 g/mol. The lowest BCUT2D eigenvalue weighted by molar-refractivity contribution is 0.633. The maximum atomic E-state index is 13.2. The Balaban J connectivity index is 2.08. The van der Waals surface area contributed by atoms with Crippen molar-refractivity contribution in [1.29, 1.82) is 0 Å². The Hall–Kier alpha value is -1.66. The van der Waals surface area contributed by atoms with E-state index in [2.05, 4.69) is 10.6 Å². The van der Waals surface area contributed by atoms with Gasteiger partial charge in [0.1, 0.15) is 5.82 Å². The summed E-state index contributed by atoms with van der Waals surface area (Å²) in [6.45, 7) is 1.98. The molecule has 6 heteroatoms. The molecule has 4 N–H and O–H groups in total. The van der Waals surface area contributed by atoms with E-state index in [9.17, 15) is 4.39 Å². The molecule has 0 aliphatic rings. The Bertz CT molecular complexity index is 580. The van der Waals surface area contributed by atoms with E-state index in [0.29, 0.717) is 10.8 Å². The van der Waals surface area contributed by atoms with Crippen LogP contribution in [0.2, 0.25) is 0 Å². The van der Waals surface area contributed by atoms with Crippen molar-refractivity contribution < 1.29 is 4.39 Å². The number of thiophene rings is 1. The largest absolute Gasteiger partial charge is 0.395 e. The predicted molar refractivity (Wildman–Crippen MR) is 79.7 cm³/mol. The topological polar surface area (TPSA) is 50.1 Å². The van der Waals surface area contributed by atoms with Crippen LogP contribution in [0.3, 0.4) is 0 Å². The first-order valence-electron chi connectivity index (χ1n) is 5.22. The molecule has 0 amide bonds. The zero-order valence-electron chi connectivity index (χ0n) is 9.66. The van der Waals surface area contributed by atoms with Crippen LogP contribution in [0.4, 0.5) is 21.5 Å². The first kappa shape index (κ1) is 12.8. The normalized spacial score (nSPS) is 10.1. The molecule has 0 saturated carbocycles.